The van der Waals surface area contributed by atoms with Gasteiger partial charge in [-0.05, 0) is 25.1 Å². The van der Waals surface area contributed by atoms with Gasteiger partial charge < -0.3 is 19.3 Å². The fourth-order valence-electron chi connectivity index (χ4n) is 4.10. The van der Waals surface area contributed by atoms with Crippen LogP contribution in [0.5, 0.6) is 11.5 Å². The molecular weight excluding hydrogens is 464 g/mol. The Kier molecular flexibility index (Phi) is 6.85. The van der Waals surface area contributed by atoms with E-state index in [9.17, 15) is 9.59 Å². The molecule has 180 valence electrons. The van der Waals surface area contributed by atoms with Crippen LogP contribution in [0.25, 0.3) is 11.3 Å². The molecule has 2 amide bonds. The largest absolute Gasteiger partial charge is 0.485 e. The quantitative estimate of drug-likeness (QED) is 0.401. The fourth-order valence-corrected chi connectivity index (χ4v) is 4.91. The summed E-state index contributed by atoms with van der Waals surface area (Å²) in [7, 11) is 0. The van der Waals surface area contributed by atoms with Crippen molar-refractivity contribution in [2.75, 3.05) is 38.5 Å². The molecule has 0 radical (unpaired) electrons. The van der Waals surface area contributed by atoms with Crippen molar-refractivity contribution in [2.24, 2.45) is 0 Å². The van der Waals surface area contributed by atoms with E-state index in [0.717, 1.165) is 17.0 Å². The molecule has 9 heteroatoms. The summed E-state index contributed by atoms with van der Waals surface area (Å²) in [5, 5.41) is 0.584. The van der Waals surface area contributed by atoms with Crippen LogP contribution >= 0.6 is 11.8 Å². The van der Waals surface area contributed by atoms with Crippen LogP contribution in [-0.4, -0.2) is 76.2 Å². The molecule has 2 aliphatic rings. The number of thioether (sulfide) groups is 1. The fraction of sp³-hybridized carbons (Fsp3) is 0.308. The van der Waals surface area contributed by atoms with Crippen molar-refractivity contribution in [3.8, 4) is 22.8 Å². The van der Waals surface area contributed by atoms with Crippen molar-refractivity contribution in [1.82, 2.24) is 19.8 Å². The number of rotatable bonds is 5. The van der Waals surface area contributed by atoms with E-state index in [1.165, 1.54) is 11.8 Å². The van der Waals surface area contributed by atoms with E-state index in [0.29, 0.717) is 42.8 Å². The summed E-state index contributed by atoms with van der Waals surface area (Å²) < 4.78 is 11.5. The highest BCUT2D eigenvalue weighted by Crippen LogP contribution is 2.31. The molecule has 0 aliphatic carbocycles. The normalized spacial score (nSPS) is 17.2. The first kappa shape index (κ1) is 23.2. The summed E-state index contributed by atoms with van der Waals surface area (Å²) in [6.07, 6.45) is -0.667. The Bertz CT molecular complexity index is 1210. The highest BCUT2D eigenvalue weighted by atomic mass is 32.2. The lowest BCUT2D eigenvalue weighted by molar-refractivity contribution is -0.145. The maximum atomic E-state index is 12.9. The van der Waals surface area contributed by atoms with Gasteiger partial charge in [0.25, 0.3) is 5.91 Å². The third kappa shape index (κ3) is 5.40. The first-order chi connectivity index (χ1) is 17.1. The van der Waals surface area contributed by atoms with Gasteiger partial charge in [-0.15, -0.1) is 0 Å². The Morgan fingerprint density at radius 2 is 1.63 bits per heavy atom. The molecule has 2 aliphatic heterocycles. The van der Waals surface area contributed by atoms with Crippen LogP contribution in [0.4, 0.5) is 0 Å². The number of carbonyl (C=O) groups is 2. The topological polar surface area (TPSA) is 84.9 Å². The maximum absolute atomic E-state index is 12.9. The second-order valence-electron chi connectivity index (χ2n) is 8.40. The van der Waals surface area contributed by atoms with Gasteiger partial charge in [0.15, 0.2) is 16.7 Å². The van der Waals surface area contributed by atoms with Gasteiger partial charge in [0, 0.05) is 37.4 Å². The second kappa shape index (κ2) is 10.4. The minimum atomic E-state index is -0.667. The molecule has 3 heterocycles. The van der Waals surface area contributed by atoms with Crippen LogP contribution in [0.3, 0.4) is 0 Å². The van der Waals surface area contributed by atoms with Crippen LogP contribution in [-0.2, 0) is 9.59 Å². The summed E-state index contributed by atoms with van der Waals surface area (Å²) in [5.41, 5.74) is 2.72. The predicted octanol–water partition coefficient (Wildman–Crippen LogP) is 3.05. The van der Waals surface area contributed by atoms with E-state index in [1.807, 2.05) is 61.5 Å². The number of para-hydroxylation sites is 2. The molecule has 3 aromatic rings. The van der Waals surface area contributed by atoms with Gasteiger partial charge in [0.2, 0.25) is 12.0 Å². The number of piperazine rings is 1. The van der Waals surface area contributed by atoms with Crippen molar-refractivity contribution in [3.63, 3.8) is 0 Å². The molecule has 35 heavy (non-hydrogen) atoms. The SMILES string of the molecule is Cc1cc(-c2ccccc2)nc(SCC(=O)N2CCN(C(=O)[C@@H]3COc4ccccc4O3)CC2)n1. The lowest BCUT2D eigenvalue weighted by Gasteiger charge is -2.37. The molecule has 1 aromatic heterocycles. The van der Waals surface area contributed by atoms with Crippen LogP contribution in [0.1, 0.15) is 5.69 Å². The zero-order valence-electron chi connectivity index (χ0n) is 19.4. The first-order valence-electron chi connectivity index (χ1n) is 11.6. The van der Waals surface area contributed by atoms with Crippen molar-refractivity contribution >= 4 is 23.6 Å². The van der Waals surface area contributed by atoms with Gasteiger partial charge in [-0.3, -0.25) is 9.59 Å². The van der Waals surface area contributed by atoms with Crippen molar-refractivity contribution in [2.45, 2.75) is 18.2 Å². The summed E-state index contributed by atoms with van der Waals surface area (Å²) in [4.78, 5) is 38.4. The number of hydrogen-bond donors (Lipinski definition) is 0. The number of hydrogen-bond acceptors (Lipinski definition) is 7. The van der Waals surface area contributed by atoms with Crippen molar-refractivity contribution < 1.29 is 19.1 Å². The number of benzene rings is 2. The number of ether oxygens (including phenoxy) is 2. The van der Waals surface area contributed by atoms with Crippen LogP contribution < -0.4 is 9.47 Å². The number of nitrogens with zero attached hydrogens (tertiary/aromatic N) is 4. The zero-order chi connectivity index (χ0) is 24.2. The minimum absolute atomic E-state index is 0.0136. The molecule has 1 fully saturated rings. The van der Waals surface area contributed by atoms with Crippen molar-refractivity contribution in [1.29, 1.82) is 0 Å². The average Bonchev–Trinajstić information content (AvgIpc) is 2.91. The number of aryl methyl sites for hydroxylation is 1. The predicted molar refractivity (Wildman–Crippen MR) is 132 cm³/mol. The first-order valence-corrected chi connectivity index (χ1v) is 12.5. The number of aromatic nitrogens is 2. The summed E-state index contributed by atoms with van der Waals surface area (Å²) >= 11 is 1.34. The molecule has 0 N–H and O–H groups in total. The molecule has 0 bridgehead atoms. The van der Waals surface area contributed by atoms with Gasteiger partial charge in [-0.2, -0.15) is 0 Å². The van der Waals surface area contributed by atoms with E-state index in [4.69, 9.17) is 9.47 Å². The molecular formula is C26H26N4O4S. The Hall–Kier alpha value is -3.59. The van der Waals surface area contributed by atoms with Gasteiger partial charge in [-0.1, -0.05) is 54.2 Å². The van der Waals surface area contributed by atoms with Gasteiger partial charge in [-0.25, -0.2) is 9.97 Å². The number of fused-ring (bicyclic) bond motifs is 1. The highest BCUT2D eigenvalue weighted by Gasteiger charge is 2.33. The Morgan fingerprint density at radius 3 is 2.40 bits per heavy atom. The lowest BCUT2D eigenvalue weighted by Crippen LogP contribution is -2.55. The molecule has 0 unspecified atom stereocenters. The molecule has 5 rings (SSSR count). The summed E-state index contributed by atoms with van der Waals surface area (Å²) in [5.74, 6) is 1.39. The summed E-state index contributed by atoms with van der Waals surface area (Å²) in [6.45, 7) is 4.02. The van der Waals surface area contributed by atoms with E-state index in [2.05, 4.69) is 9.97 Å². The van der Waals surface area contributed by atoms with Gasteiger partial charge in [0.1, 0.15) is 6.61 Å². The van der Waals surface area contributed by atoms with E-state index >= 15 is 0 Å². The highest BCUT2D eigenvalue weighted by molar-refractivity contribution is 7.99. The molecule has 2 aromatic carbocycles. The third-order valence-electron chi connectivity index (χ3n) is 5.96. The summed E-state index contributed by atoms with van der Waals surface area (Å²) in [6, 6.07) is 19.2. The Labute approximate surface area is 208 Å². The van der Waals surface area contributed by atoms with E-state index in [1.54, 1.807) is 15.9 Å². The lowest BCUT2D eigenvalue weighted by atomic mass is 10.1. The van der Waals surface area contributed by atoms with E-state index < -0.39 is 6.10 Å². The molecule has 8 nitrogen and oxygen atoms in total. The Morgan fingerprint density at radius 1 is 0.943 bits per heavy atom. The zero-order valence-corrected chi connectivity index (χ0v) is 20.2. The molecule has 1 saturated heterocycles. The van der Waals surface area contributed by atoms with E-state index in [-0.39, 0.29) is 24.2 Å². The molecule has 0 spiro atoms. The van der Waals surface area contributed by atoms with Crippen LogP contribution in [0, 0.1) is 6.92 Å². The maximum Gasteiger partial charge on any atom is 0.267 e. The standard InChI is InChI=1S/C26H26N4O4S/c1-18-15-20(19-7-3-2-4-8-19)28-26(27-18)35-17-24(31)29-11-13-30(14-12-29)25(32)23-16-33-21-9-5-6-10-22(21)34-23/h2-10,15,23H,11-14,16-17H2,1H3/t23-/m0/s1. The number of carbonyl (C=O) groups excluding carboxylic acids is 2. The van der Waals surface area contributed by atoms with Crippen LogP contribution in [0.2, 0.25) is 0 Å². The Balaban J connectivity index is 1.13. The third-order valence-corrected chi connectivity index (χ3v) is 6.79. The number of amides is 2. The molecule has 1 atom stereocenters. The van der Waals surface area contributed by atoms with Crippen LogP contribution in [0.15, 0.2) is 65.8 Å². The van der Waals surface area contributed by atoms with Crippen molar-refractivity contribution in [3.05, 3.63) is 66.4 Å². The second-order valence-corrected chi connectivity index (χ2v) is 9.34. The average molecular weight is 491 g/mol. The monoisotopic (exact) mass is 490 g/mol. The van der Waals surface area contributed by atoms with Gasteiger partial charge in [0.05, 0.1) is 11.4 Å². The minimum Gasteiger partial charge on any atom is -0.485 e. The van der Waals surface area contributed by atoms with Gasteiger partial charge >= 0.3 is 0 Å². The smallest absolute Gasteiger partial charge is 0.267 e. The molecule has 0 saturated carbocycles.